The summed E-state index contributed by atoms with van der Waals surface area (Å²) in [7, 11) is 1.62. The Labute approximate surface area is 163 Å². The normalized spacial score (nSPS) is 11.9. The molecule has 0 fully saturated rings. The third-order valence-electron chi connectivity index (χ3n) is 4.09. The van der Waals surface area contributed by atoms with Crippen LogP contribution in [0.25, 0.3) is 11.1 Å². The molecule has 0 radical (unpaired) electrons. The molecule has 0 aliphatic rings. The number of anilines is 1. The minimum Gasteiger partial charge on any atom is -0.441 e. The molecule has 7 heteroatoms. The number of halogens is 3. The summed E-state index contributed by atoms with van der Waals surface area (Å²) in [4.78, 5) is 12.3. The molecule has 0 aliphatic carbocycles. The second-order valence-corrected chi connectivity index (χ2v) is 6.96. The molecule has 1 atom stereocenters. The first-order valence-corrected chi connectivity index (χ1v) is 8.98. The van der Waals surface area contributed by atoms with E-state index in [1.165, 1.54) is 22.9 Å². The van der Waals surface area contributed by atoms with Gasteiger partial charge in [-0.25, -0.2) is 13.6 Å². The van der Waals surface area contributed by atoms with Gasteiger partial charge in [-0.3, -0.25) is 5.32 Å². The summed E-state index contributed by atoms with van der Waals surface area (Å²) in [5.74, 6) is -0.607. The van der Waals surface area contributed by atoms with Gasteiger partial charge in [-0.05, 0) is 42.3 Å². The van der Waals surface area contributed by atoms with Gasteiger partial charge in [-0.15, -0.1) is 0 Å². The number of aryl methyl sites for hydroxylation is 1. The Hall–Kier alpha value is -2.67. The van der Waals surface area contributed by atoms with Gasteiger partial charge >= 0.3 is 6.09 Å². The van der Waals surface area contributed by atoms with Crippen LogP contribution in [0, 0.1) is 11.6 Å². The number of benzene rings is 2. The molecule has 1 N–H and O–H groups in total. The molecule has 2 aromatic carbocycles. The number of carbonyl (C=O) groups is 1. The highest BCUT2D eigenvalue weighted by atomic mass is 79.9. The van der Waals surface area contributed by atoms with E-state index in [-0.39, 0.29) is 11.4 Å². The van der Waals surface area contributed by atoms with Crippen LogP contribution in [0.1, 0.15) is 18.6 Å². The van der Waals surface area contributed by atoms with E-state index in [2.05, 4.69) is 21.2 Å². The van der Waals surface area contributed by atoms with Gasteiger partial charge in [-0.1, -0.05) is 40.2 Å². The minimum atomic E-state index is -0.758. The SMILES string of the molecule is C[C@@H](OC(=O)Nc1c(-c2ccc(Br)cc2)c(F)cn1C)c1cccc(F)c1. The van der Waals surface area contributed by atoms with Crippen LogP contribution in [0.15, 0.2) is 59.2 Å². The largest absolute Gasteiger partial charge is 0.441 e. The molecule has 0 unspecified atom stereocenters. The first kappa shape index (κ1) is 19.1. The Kier molecular flexibility index (Phi) is 5.60. The fourth-order valence-electron chi connectivity index (χ4n) is 2.74. The molecule has 3 rings (SSSR count). The van der Waals surface area contributed by atoms with Crippen LogP contribution < -0.4 is 5.32 Å². The summed E-state index contributed by atoms with van der Waals surface area (Å²) >= 11 is 3.34. The van der Waals surface area contributed by atoms with E-state index in [1.807, 2.05) is 0 Å². The van der Waals surface area contributed by atoms with Crippen molar-refractivity contribution < 1.29 is 18.3 Å². The third-order valence-corrected chi connectivity index (χ3v) is 4.62. The Morgan fingerprint density at radius 3 is 2.56 bits per heavy atom. The number of carbonyl (C=O) groups excluding carboxylic acids is 1. The molecule has 27 heavy (non-hydrogen) atoms. The van der Waals surface area contributed by atoms with E-state index in [0.29, 0.717) is 11.1 Å². The van der Waals surface area contributed by atoms with Crippen molar-refractivity contribution in [2.75, 3.05) is 5.32 Å². The summed E-state index contributed by atoms with van der Waals surface area (Å²) in [5, 5.41) is 2.58. The first-order valence-electron chi connectivity index (χ1n) is 8.19. The van der Waals surface area contributed by atoms with Gasteiger partial charge in [0.25, 0.3) is 0 Å². The molecular formula is C20H17BrF2N2O2. The van der Waals surface area contributed by atoms with Crippen molar-refractivity contribution in [2.24, 2.45) is 7.05 Å². The lowest BCUT2D eigenvalue weighted by molar-refractivity contribution is 0.121. The molecule has 140 valence electrons. The number of rotatable bonds is 4. The lowest BCUT2D eigenvalue weighted by Gasteiger charge is -2.15. The summed E-state index contributed by atoms with van der Waals surface area (Å²) < 4.78 is 35.4. The summed E-state index contributed by atoms with van der Waals surface area (Å²) in [6.07, 6.45) is -0.142. The van der Waals surface area contributed by atoms with Crippen molar-refractivity contribution in [1.29, 1.82) is 0 Å². The highest BCUT2D eigenvalue weighted by Gasteiger charge is 2.20. The van der Waals surface area contributed by atoms with Gasteiger partial charge in [0, 0.05) is 17.7 Å². The molecule has 0 aliphatic heterocycles. The molecule has 0 bridgehead atoms. The van der Waals surface area contributed by atoms with Crippen LogP contribution in [0.3, 0.4) is 0 Å². The van der Waals surface area contributed by atoms with Gasteiger partial charge in [-0.2, -0.15) is 0 Å². The van der Waals surface area contributed by atoms with Crippen molar-refractivity contribution >= 4 is 27.8 Å². The van der Waals surface area contributed by atoms with Crippen molar-refractivity contribution in [2.45, 2.75) is 13.0 Å². The van der Waals surface area contributed by atoms with E-state index < -0.39 is 23.8 Å². The Balaban J connectivity index is 1.81. The minimum absolute atomic E-state index is 0.264. The monoisotopic (exact) mass is 434 g/mol. The second-order valence-electron chi connectivity index (χ2n) is 6.05. The number of nitrogens with one attached hydrogen (secondary N) is 1. The van der Waals surface area contributed by atoms with Crippen molar-refractivity contribution in [1.82, 2.24) is 4.57 Å². The molecule has 0 spiro atoms. The number of aromatic nitrogens is 1. The molecule has 1 amide bonds. The fraction of sp³-hybridized carbons (Fsp3) is 0.150. The van der Waals surface area contributed by atoms with Gasteiger partial charge in [0.1, 0.15) is 17.7 Å². The standard InChI is InChI=1S/C20H17BrF2N2O2/c1-12(14-4-3-5-16(22)10-14)27-20(26)24-19-18(17(23)11-25(19)2)13-6-8-15(21)9-7-13/h3-12H,1-2H3,(H,24,26)/t12-/m1/s1. The molecule has 0 saturated heterocycles. The van der Waals surface area contributed by atoms with E-state index in [9.17, 15) is 13.6 Å². The molecule has 3 aromatic rings. The van der Waals surface area contributed by atoms with Crippen molar-refractivity contribution in [3.63, 3.8) is 0 Å². The first-order chi connectivity index (χ1) is 12.8. The van der Waals surface area contributed by atoms with E-state index in [1.54, 1.807) is 50.4 Å². The third kappa shape index (κ3) is 4.36. The molecule has 1 heterocycles. The Morgan fingerprint density at radius 1 is 1.19 bits per heavy atom. The Bertz CT molecular complexity index is 971. The molecular weight excluding hydrogens is 418 g/mol. The van der Waals surface area contributed by atoms with Gasteiger partial charge in [0.05, 0.1) is 5.56 Å². The van der Waals surface area contributed by atoms with Crippen molar-refractivity contribution in [3.05, 3.63) is 76.4 Å². The average molecular weight is 435 g/mol. The van der Waals surface area contributed by atoms with Crippen LogP contribution in [0.5, 0.6) is 0 Å². The number of amides is 1. The molecule has 0 saturated carbocycles. The van der Waals surface area contributed by atoms with E-state index >= 15 is 0 Å². The number of hydrogen-bond acceptors (Lipinski definition) is 2. The average Bonchev–Trinajstić information content (AvgIpc) is 2.89. The van der Waals surface area contributed by atoms with E-state index in [4.69, 9.17) is 4.74 Å². The topological polar surface area (TPSA) is 43.3 Å². The van der Waals surface area contributed by atoms with Crippen LogP contribution in [-0.4, -0.2) is 10.7 Å². The second kappa shape index (κ2) is 7.92. The zero-order valence-corrected chi connectivity index (χ0v) is 16.3. The van der Waals surface area contributed by atoms with Crippen LogP contribution >= 0.6 is 15.9 Å². The predicted molar refractivity (Wildman–Crippen MR) is 103 cm³/mol. The summed E-state index contributed by atoms with van der Waals surface area (Å²) in [6.45, 7) is 1.63. The lowest BCUT2D eigenvalue weighted by atomic mass is 10.1. The summed E-state index contributed by atoms with van der Waals surface area (Å²) in [5.41, 5.74) is 1.40. The van der Waals surface area contributed by atoms with Crippen LogP contribution in [0.2, 0.25) is 0 Å². The predicted octanol–water partition coefficient (Wildman–Crippen LogP) is 6.04. The zero-order valence-electron chi connectivity index (χ0n) is 14.7. The van der Waals surface area contributed by atoms with Crippen molar-refractivity contribution in [3.8, 4) is 11.1 Å². The maximum atomic E-state index is 14.4. The van der Waals surface area contributed by atoms with Gasteiger partial charge < -0.3 is 9.30 Å². The van der Waals surface area contributed by atoms with E-state index in [0.717, 1.165) is 4.47 Å². The maximum Gasteiger partial charge on any atom is 0.413 e. The number of hydrogen-bond donors (Lipinski definition) is 1. The van der Waals surface area contributed by atoms with Gasteiger partial charge in [0.2, 0.25) is 0 Å². The van der Waals surface area contributed by atoms with Gasteiger partial charge in [0.15, 0.2) is 5.82 Å². The quantitative estimate of drug-likeness (QED) is 0.543. The number of nitrogens with zero attached hydrogens (tertiary/aromatic N) is 1. The number of ether oxygens (including phenoxy) is 1. The zero-order chi connectivity index (χ0) is 19.6. The Morgan fingerprint density at radius 2 is 1.89 bits per heavy atom. The highest BCUT2D eigenvalue weighted by molar-refractivity contribution is 9.10. The smallest absolute Gasteiger partial charge is 0.413 e. The van der Waals surface area contributed by atoms with Crippen LogP contribution in [0.4, 0.5) is 19.4 Å². The lowest BCUT2D eigenvalue weighted by Crippen LogP contribution is -2.18. The van der Waals surface area contributed by atoms with Crippen LogP contribution in [-0.2, 0) is 11.8 Å². The molecule has 4 nitrogen and oxygen atoms in total. The maximum absolute atomic E-state index is 14.4. The highest BCUT2D eigenvalue weighted by Crippen LogP contribution is 2.33. The fourth-order valence-corrected chi connectivity index (χ4v) is 3.01. The summed E-state index contributed by atoms with van der Waals surface area (Å²) in [6, 6.07) is 12.9. The molecule has 1 aromatic heterocycles.